The molecule has 2 atom stereocenters. The van der Waals surface area contributed by atoms with Gasteiger partial charge in [0.2, 0.25) is 12.5 Å². The van der Waals surface area contributed by atoms with Gasteiger partial charge in [-0.15, -0.1) is 0 Å². The van der Waals surface area contributed by atoms with Crippen LogP contribution in [-0.2, 0) is 12.8 Å². The summed E-state index contributed by atoms with van der Waals surface area (Å²) in [4.78, 5) is 2.28. The van der Waals surface area contributed by atoms with E-state index in [0.717, 1.165) is 41.3 Å². The zero-order chi connectivity index (χ0) is 43.8. The number of nitrogens with zero attached hydrogens (tertiary/aromatic N) is 1. The van der Waals surface area contributed by atoms with Crippen molar-refractivity contribution in [2.24, 2.45) is 0 Å². The molecule has 2 aromatic carbocycles. The standard InChI is InChI=1S/C22H27NO5.B30/c1-23-9-8-15-11-19-21(28-13-27-19)22(26-3)20(15)17(23)12-16(24)10-14-6-4-5-7-18(14)25-2;1-17(2)25(18(3)4)29(26(19(5)6)20(7)8)30(27(21(9)10)22(11)12)28(23(13)14)24(15)16/h4-7,11,16-17,24H,8-10,12-13H2,1-3H3;. The zero-order valence-electron chi connectivity index (χ0n) is 33.9. The Bertz CT molecular complexity index is 1450. The number of likely N-dealkylation sites (N-methyl/N-ethyl adjacent to an activating group) is 1. The van der Waals surface area contributed by atoms with E-state index in [1.54, 1.807) is 14.2 Å². The zero-order valence-corrected chi connectivity index (χ0v) is 33.9. The number of fused-ring (bicyclic) bond motifs is 2. The van der Waals surface area contributed by atoms with E-state index in [9.17, 15) is 5.11 Å². The Balaban J connectivity index is 0.000000310. The Morgan fingerprint density at radius 1 is 0.672 bits per heavy atom. The van der Waals surface area contributed by atoms with Gasteiger partial charge in [-0.2, -0.15) is 0 Å². The van der Waals surface area contributed by atoms with Crippen molar-refractivity contribution >= 4 is 213 Å². The van der Waals surface area contributed by atoms with Gasteiger partial charge in [0.05, 0.1) is 20.3 Å². The average Bonchev–Trinajstić information content (AvgIpc) is 3.59. The van der Waals surface area contributed by atoms with E-state index in [0.29, 0.717) is 18.6 Å². The number of aliphatic hydroxyl groups is 1. The molecule has 2 aliphatic heterocycles. The highest BCUT2D eigenvalue weighted by atomic mass is 16.7. The van der Waals surface area contributed by atoms with Crippen LogP contribution in [0.4, 0.5) is 0 Å². The molecule has 6 nitrogen and oxygen atoms in total. The van der Waals surface area contributed by atoms with Gasteiger partial charge in [0.15, 0.2) is 11.5 Å². The molecular formula is C22H27B30NO5. The van der Waals surface area contributed by atoms with Crippen molar-refractivity contribution in [1.29, 1.82) is 0 Å². The number of methoxy groups -OCH3 is 2. The van der Waals surface area contributed by atoms with Crippen LogP contribution in [-0.4, -0.2) is 264 Å². The predicted octanol–water partition coefficient (Wildman–Crippen LogP) is -8.47. The van der Waals surface area contributed by atoms with E-state index in [4.69, 9.17) is 143 Å². The van der Waals surface area contributed by atoms with Crippen molar-refractivity contribution in [2.45, 2.75) is 31.4 Å². The Morgan fingerprint density at radius 2 is 1.12 bits per heavy atom. The van der Waals surface area contributed by atoms with Gasteiger partial charge in [0, 0.05) is 238 Å². The molecule has 240 valence electrons. The number of rotatable bonds is 19. The van der Waals surface area contributed by atoms with E-state index < -0.39 is 95.5 Å². The second-order valence-electron chi connectivity index (χ2n) is 15.5. The minimum Gasteiger partial charge on any atom is -0.496 e. The topological polar surface area (TPSA) is 60.4 Å². The summed E-state index contributed by atoms with van der Waals surface area (Å²) in [5.74, 6) is 2.94. The van der Waals surface area contributed by atoms with Crippen LogP contribution < -0.4 is 18.9 Å². The molecule has 2 aromatic rings. The third kappa shape index (κ3) is 12.8. The van der Waals surface area contributed by atoms with Gasteiger partial charge in [0.25, 0.3) is 0 Å². The first-order valence-electron chi connectivity index (χ1n) is 19.3. The molecule has 2 aliphatic rings. The van der Waals surface area contributed by atoms with Crippen LogP contribution in [0.15, 0.2) is 30.3 Å². The summed E-state index contributed by atoms with van der Waals surface area (Å²) in [6, 6.07) is 9.93. The third-order valence-electron chi connectivity index (χ3n) is 11.5. The lowest BCUT2D eigenvalue weighted by Crippen LogP contribution is -2.88. The minimum atomic E-state index is -1.07. The van der Waals surface area contributed by atoms with Gasteiger partial charge in [-0.25, -0.2) is 0 Å². The molecule has 0 saturated carbocycles. The van der Waals surface area contributed by atoms with Crippen molar-refractivity contribution in [3.05, 3.63) is 47.0 Å². The van der Waals surface area contributed by atoms with Crippen LogP contribution in [0.3, 0.4) is 0 Å². The lowest BCUT2D eigenvalue weighted by molar-refractivity contribution is 0.107. The summed E-state index contributed by atoms with van der Waals surface area (Å²) in [5.41, 5.74) is 3.31. The van der Waals surface area contributed by atoms with Gasteiger partial charge >= 0.3 is 0 Å². The minimum absolute atomic E-state index is 0.0397. The molecule has 0 saturated heterocycles. The number of para-hydroxylation sites is 1. The average molecular weight is 710 g/mol. The highest BCUT2D eigenvalue weighted by Crippen LogP contribution is 2.50. The first-order valence-corrected chi connectivity index (χ1v) is 19.3. The molecule has 0 spiro atoms. The molecule has 0 aromatic heterocycles. The van der Waals surface area contributed by atoms with Gasteiger partial charge in [0.1, 0.15) is 5.75 Å². The SMILES string of the molecule is COc1ccccc1CC(O)CC1c2c(cc3c(c2OC)OCO3)CCN1C.[B]B([B])B(B([B])[B])B(B(B([B])[B])B([B])[B])B(B(B([B])[B])B([B])[B])B(B([B])[B])B([B])[B]. The fourth-order valence-electron chi connectivity index (χ4n) is 8.91. The van der Waals surface area contributed by atoms with Crippen molar-refractivity contribution in [3.8, 4) is 23.0 Å². The maximum atomic E-state index is 10.9. The van der Waals surface area contributed by atoms with Crippen molar-refractivity contribution in [2.75, 3.05) is 34.6 Å². The Labute approximate surface area is 376 Å². The van der Waals surface area contributed by atoms with Crippen molar-refractivity contribution in [3.63, 3.8) is 0 Å². The molecule has 0 amide bonds. The van der Waals surface area contributed by atoms with Crippen molar-refractivity contribution in [1.82, 2.24) is 4.90 Å². The number of aliphatic hydroxyl groups excluding tert-OH is 1. The Hall–Kier alpha value is -0.492. The highest BCUT2D eigenvalue weighted by Gasteiger charge is 2.52. The van der Waals surface area contributed by atoms with Gasteiger partial charge in [-0.1, -0.05) is 18.2 Å². The van der Waals surface area contributed by atoms with Gasteiger partial charge < -0.3 is 24.1 Å². The maximum absolute atomic E-state index is 10.9. The molecule has 36 heteroatoms. The lowest BCUT2D eigenvalue weighted by Gasteiger charge is -2.50. The van der Waals surface area contributed by atoms with E-state index in [1.165, 1.54) is 5.56 Å². The molecular weight excluding hydrogens is 683 g/mol. The smallest absolute Gasteiger partial charge is 0.231 e. The van der Waals surface area contributed by atoms with Crippen LogP contribution in [0.1, 0.15) is 29.2 Å². The van der Waals surface area contributed by atoms with Crippen LogP contribution >= 0.6 is 0 Å². The number of hydrogen-bond donors (Lipinski definition) is 1. The van der Waals surface area contributed by atoms with Gasteiger partial charge in [-0.3, -0.25) is 4.90 Å². The van der Waals surface area contributed by atoms with E-state index in [-0.39, 0.29) is 12.8 Å². The van der Waals surface area contributed by atoms with Crippen LogP contribution in [0.25, 0.3) is 0 Å². The maximum Gasteiger partial charge on any atom is 0.231 e. The Morgan fingerprint density at radius 3 is 1.53 bits per heavy atom. The highest BCUT2D eigenvalue weighted by molar-refractivity contribution is 8.27. The number of ether oxygens (including phenoxy) is 4. The summed E-state index contributed by atoms with van der Waals surface area (Å²) in [5, 5.41) is 10.9. The molecule has 32 radical (unpaired) electrons. The molecule has 4 rings (SSSR count). The molecule has 0 bridgehead atoms. The van der Waals surface area contributed by atoms with Gasteiger partial charge in [-0.05, 0) is 43.1 Å². The monoisotopic (exact) mass is 715 g/mol. The number of hydrogen-bond acceptors (Lipinski definition) is 6. The van der Waals surface area contributed by atoms with E-state index >= 15 is 0 Å². The first-order chi connectivity index (χ1) is 27.2. The number of benzene rings is 2. The molecule has 2 unspecified atom stereocenters. The first kappa shape index (κ1) is 51.9. The summed E-state index contributed by atoms with van der Waals surface area (Å²) in [6.45, 7) is 1.13. The van der Waals surface area contributed by atoms with Crippen LogP contribution in [0.2, 0.25) is 0 Å². The fourth-order valence-corrected chi connectivity index (χ4v) is 8.91. The molecule has 0 aliphatic carbocycles. The normalized spacial score (nSPS) is 14.2. The van der Waals surface area contributed by atoms with E-state index in [2.05, 4.69) is 18.0 Å². The van der Waals surface area contributed by atoms with Crippen LogP contribution in [0, 0.1) is 0 Å². The second-order valence-corrected chi connectivity index (χ2v) is 15.5. The van der Waals surface area contributed by atoms with Crippen molar-refractivity contribution < 1.29 is 24.1 Å². The second kappa shape index (κ2) is 23.8. The summed E-state index contributed by atoms with van der Waals surface area (Å²) in [6.07, 6.45) is -12.2. The molecule has 2 heterocycles. The molecule has 1 N–H and O–H groups in total. The Kier molecular flexibility index (Phi) is 21.3. The third-order valence-corrected chi connectivity index (χ3v) is 11.5. The van der Waals surface area contributed by atoms with E-state index in [1.807, 2.05) is 24.3 Å². The predicted molar refractivity (Wildman–Crippen MR) is 278 cm³/mol. The van der Waals surface area contributed by atoms with Crippen LogP contribution in [0.5, 0.6) is 23.0 Å². The molecule has 58 heavy (non-hydrogen) atoms. The largest absolute Gasteiger partial charge is 0.496 e. The fraction of sp³-hybridized carbons (Fsp3) is 0.455. The summed E-state index contributed by atoms with van der Waals surface area (Å²) < 4.78 is 22.4. The quantitative estimate of drug-likeness (QED) is 0.147. The molecule has 0 fully saturated rings. The lowest BCUT2D eigenvalue weighted by atomic mass is 8.31. The summed E-state index contributed by atoms with van der Waals surface area (Å²) >= 11 is 0. The summed E-state index contributed by atoms with van der Waals surface area (Å²) in [7, 11) is 102.